The molecular weight excluding hydrogens is 272 g/mol. The molecule has 0 aliphatic carbocycles. The number of benzene rings is 1. The summed E-state index contributed by atoms with van der Waals surface area (Å²) in [5.41, 5.74) is 2.27. The van der Waals surface area contributed by atoms with Crippen LogP contribution in [0.15, 0.2) is 30.3 Å². The molecule has 0 aliphatic heterocycles. The molecule has 2 nitrogen and oxygen atoms in total. The van der Waals surface area contributed by atoms with Crippen molar-refractivity contribution in [1.82, 2.24) is 10.3 Å². The first-order valence-corrected chi connectivity index (χ1v) is 6.12. The van der Waals surface area contributed by atoms with Gasteiger partial charge in [0.25, 0.3) is 0 Å². The zero-order valence-electron chi connectivity index (χ0n) is 10.8. The minimum Gasteiger partial charge on any atom is -0.307 e. The van der Waals surface area contributed by atoms with Crippen molar-refractivity contribution in [3.8, 4) is 0 Å². The lowest BCUT2D eigenvalue weighted by molar-refractivity contribution is -0.125. The van der Waals surface area contributed by atoms with Gasteiger partial charge in [0.2, 0.25) is 0 Å². The molecule has 2 aromatic rings. The van der Waals surface area contributed by atoms with Gasteiger partial charge >= 0.3 is 12.3 Å². The van der Waals surface area contributed by atoms with Crippen LogP contribution < -0.4 is 5.32 Å². The van der Waals surface area contributed by atoms with Crippen LogP contribution in [0.4, 0.5) is 17.6 Å². The third kappa shape index (κ3) is 3.25. The Hall–Kier alpha value is -1.69. The van der Waals surface area contributed by atoms with Gasteiger partial charge in [-0.2, -0.15) is 8.78 Å². The van der Waals surface area contributed by atoms with Gasteiger partial charge in [-0.15, -0.1) is 0 Å². The molecule has 1 N–H and O–H groups in total. The van der Waals surface area contributed by atoms with E-state index < -0.39 is 18.9 Å². The molecule has 0 saturated carbocycles. The maximum atomic E-state index is 12.8. The van der Waals surface area contributed by atoms with Crippen molar-refractivity contribution in [2.75, 3.05) is 6.54 Å². The number of hydrogen-bond donors (Lipinski definition) is 1. The minimum atomic E-state index is -4.02. The molecule has 6 heteroatoms. The quantitative estimate of drug-likeness (QED) is 0.850. The maximum absolute atomic E-state index is 12.8. The second-order valence-corrected chi connectivity index (χ2v) is 4.61. The second-order valence-electron chi connectivity index (χ2n) is 4.61. The minimum absolute atomic E-state index is 0.0895. The number of pyridine rings is 1. The largest absolute Gasteiger partial charge is 0.319 e. The first kappa shape index (κ1) is 14.7. The number of aryl methyl sites for hydroxylation is 1. The standard InChI is InChI=1S/C14H14F4N2/c1-9-6-10(7-19-8-14(17,18)13(15)16)11-4-2-3-5-12(11)20-9/h2-6,13,19H,7-8H2,1H3. The van der Waals surface area contributed by atoms with Gasteiger partial charge in [0.15, 0.2) is 0 Å². The molecule has 2 rings (SSSR count). The molecule has 0 bridgehead atoms. The van der Waals surface area contributed by atoms with Gasteiger partial charge in [0.05, 0.1) is 12.1 Å². The Morgan fingerprint density at radius 3 is 2.65 bits per heavy atom. The Labute approximate surface area is 113 Å². The van der Waals surface area contributed by atoms with Crippen LogP contribution in [0.1, 0.15) is 11.3 Å². The average molecular weight is 286 g/mol. The summed E-state index contributed by atoms with van der Waals surface area (Å²) < 4.78 is 49.7. The van der Waals surface area contributed by atoms with E-state index in [4.69, 9.17) is 0 Å². The number of alkyl halides is 4. The zero-order chi connectivity index (χ0) is 14.8. The topological polar surface area (TPSA) is 24.9 Å². The van der Waals surface area contributed by atoms with Gasteiger partial charge in [-0.3, -0.25) is 4.98 Å². The fourth-order valence-electron chi connectivity index (χ4n) is 1.98. The van der Waals surface area contributed by atoms with Gasteiger partial charge in [0.1, 0.15) is 0 Å². The van der Waals surface area contributed by atoms with E-state index in [-0.39, 0.29) is 6.54 Å². The molecule has 20 heavy (non-hydrogen) atoms. The molecule has 0 radical (unpaired) electrons. The van der Waals surface area contributed by atoms with E-state index in [0.717, 1.165) is 22.2 Å². The highest BCUT2D eigenvalue weighted by Crippen LogP contribution is 2.22. The Morgan fingerprint density at radius 2 is 1.95 bits per heavy atom. The van der Waals surface area contributed by atoms with Gasteiger partial charge in [-0.05, 0) is 24.6 Å². The Morgan fingerprint density at radius 1 is 1.25 bits per heavy atom. The van der Waals surface area contributed by atoms with E-state index in [1.165, 1.54) is 0 Å². The van der Waals surface area contributed by atoms with Crippen molar-refractivity contribution >= 4 is 10.9 Å². The molecule has 108 valence electrons. The number of rotatable bonds is 5. The highest BCUT2D eigenvalue weighted by Gasteiger charge is 2.39. The Bertz CT molecular complexity index is 599. The third-order valence-electron chi connectivity index (χ3n) is 2.93. The lowest BCUT2D eigenvalue weighted by Gasteiger charge is -2.16. The molecular formula is C14H14F4N2. The molecule has 0 atom stereocenters. The van der Waals surface area contributed by atoms with Crippen molar-refractivity contribution < 1.29 is 17.6 Å². The lowest BCUT2D eigenvalue weighted by atomic mass is 10.1. The summed E-state index contributed by atoms with van der Waals surface area (Å²) in [6, 6.07) is 9.05. The van der Waals surface area contributed by atoms with Gasteiger partial charge in [-0.1, -0.05) is 18.2 Å². The summed E-state index contributed by atoms with van der Waals surface area (Å²) in [7, 11) is 0. The summed E-state index contributed by atoms with van der Waals surface area (Å²) in [4.78, 5) is 4.33. The van der Waals surface area contributed by atoms with E-state index >= 15 is 0 Å². The molecule has 1 heterocycles. The van der Waals surface area contributed by atoms with Crippen LogP contribution in [-0.2, 0) is 6.54 Å². The van der Waals surface area contributed by atoms with Crippen LogP contribution in [0.2, 0.25) is 0 Å². The van der Waals surface area contributed by atoms with E-state index in [2.05, 4.69) is 10.3 Å². The molecule has 0 fully saturated rings. The molecule has 0 aliphatic rings. The number of aromatic nitrogens is 1. The van der Waals surface area contributed by atoms with Crippen LogP contribution in [-0.4, -0.2) is 23.9 Å². The van der Waals surface area contributed by atoms with Crippen LogP contribution in [0.25, 0.3) is 10.9 Å². The number of para-hydroxylation sites is 1. The number of hydrogen-bond acceptors (Lipinski definition) is 2. The molecule has 1 aromatic carbocycles. The molecule has 1 aromatic heterocycles. The Balaban J connectivity index is 2.14. The lowest BCUT2D eigenvalue weighted by Crippen LogP contribution is -2.38. The summed E-state index contributed by atoms with van der Waals surface area (Å²) in [5.74, 6) is -4.02. The van der Waals surface area contributed by atoms with E-state index in [0.29, 0.717) is 0 Å². The molecule has 0 saturated heterocycles. The predicted molar refractivity (Wildman–Crippen MR) is 69.1 cm³/mol. The molecule has 0 amide bonds. The smallest absolute Gasteiger partial charge is 0.307 e. The number of halogens is 4. The highest BCUT2D eigenvalue weighted by molar-refractivity contribution is 5.82. The van der Waals surface area contributed by atoms with Gasteiger partial charge < -0.3 is 5.32 Å². The summed E-state index contributed by atoms with van der Waals surface area (Å²) in [6.07, 6.45) is -3.66. The number of nitrogens with zero attached hydrogens (tertiary/aromatic N) is 1. The molecule has 0 unspecified atom stereocenters. The van der Waals surface area contributed by atoms with E-state index in [9.17, 15) is 17.6 Å². The van der Waals surface area contributed by atoms with Crippen molar-refractivity contribution in [2.24, 2.45) is 0 Å². The van der Waals surface area contributed by atoms with Crippen molar-refractivity contribution in [3.63, 3.8) is 0 Å². The van der Waals surface area contributed by atoms with Gasteiger partial charge in [0, 0.05) is 17.6 Å². The highest BCUT2D eigenvalue weighted by atomic mass is 19.3. The van der Waals surface area contributed by atoms with E-state index in [1.54, 1.807) is 13.0 Å². The second kappa shape index (κ2) is 5.75. The van der Waals surface area contributed by atoms with Crippen LogP contribution in [0.5, 0.6) is 0 Å². The monoisotopic (exact) mass is 286 g/mol. The maximum Gasteiger partial charge on any atom is 0.319 e. The first-order valence-electron chi connectivity index (χ1n) is 6.12. The molecule has 0 spiro atoms. The first-order chi connectivity index (χ1) is 9.40. The van der Waals surface area contributed by atoms with Crippen molar-refractivity contribution in [2.45, 2.75) is 25.8 Å². The average Bonchev–Trinajstić information content (AvgIpc) is 2.38. The SMILES string of the molecule is Cc1cc(CNCC(F)(F)C(F)F)c2ccccc2n1. The predicted octanol–water partition coefficient (Wildman–Crippen LogP) is 3.53. The van der Waals surface area contributed by atoms with Gasteiger partial charge in [-0.25, -0.2) is 8.78 Å². The van der Waals surface area contributed by atoms with Crippen molar-refractivity contribution in [3.05, 3.63) is 41.6 Å². The third-order valence-corrected chi connectivity index (χ3v) is 2.93. The van der Waals surface area contributed by atoms with Crippen molar-refractivity contribution in [1.29, 1.82) is 0 Å². The van der Waals surface area contributed by atoms with Crippen LogP contribution >= 0.6 is 0 Å². The number of nitrogens with one attached hydrogen (secondary N) is 1. The van der Waals surface area contributed by atoms with E-state index in [1.807, 2.05) is 24.3 Å². The summed E-state index contributed by atoms with van der Waals surface area (Å²) >= 11 is 0. The number of fused-ring (bicyclic) bond motifs is 1. The zero-order valence-corrected chi connectivity index (χ0v) is 10.8. The Kier molecular flexibility index (Phi) is 4.23. The normalized spacial score (nSPS) is 12.3. The summed E-state index contributed by atoms with van der Waals surface area (Å²) in [5, 5.41) is 3.21. The summed E-state index contributed by atoms with van der Waals surface area (Å²) in [6.45, 7) is 0.830. The fraction of sp³-hybridized carbons (Fsp3) is 0.357. The van der Waals surface area contributed by atoms with Crippen LogP contribution in [0.3, 0.4) is 0 Å². The fourth-order valence-corrected chi connectivity index (χ4v) is 1.98. The van der Waals surface area contributed by atoms with Crippen LogP contribution in [0, 0.1) is 6.92 Å².